The fourth-order valence-corrected chi connectivity index (χ4v) is 1.84. The maximum atomic E-state index is 11.4. The second kappa shape index (κ2) is 8.96. The topological polar surface area (TPSA) is 69.6 Å². The molecule has 0 aliphatic carbocycles. The number of hydrogen-bond donors (Lipinski definition) is 2. The third kappa shape index (κ3) is 6.78. The lowest BCUT2D eigenvalue weighted by Crippen LogP contribution is -2.28. The van der Waals surface area contributed by atoms with Crippen molar-refractivity contribution in [3.63, 3.8) is 0 Å². The van der Waals surface area contributed by atoms with E-state index in [2.05, 4.69) is 10.2 Å². The van der Waals surface area contributed by atoms with Crippen LogP contribution in [0.25, 0.3) is 0 Å². The molecule has 1 rings (SSSR count). The highest BCUT2D eigenvalue weighted by Crippen LogP contribution is 2.10. The van der Waals surface area contributed by atoms with Gasteiger partial charge in [-0.2, -0.15) is 0 Å². The van der Waals surface area contributed by atoms with Crippen molar-refractivity contribution in [2.45, 2.75) is 25.7 Å². The summed E-state index contributed by atoms with van der Waals surface area (Å²) >= 11 is 0. The van der Waals surface area contributed by atoms with E-state index in [4.69, 9.17) is 5.11 Å². The molecule has 0 heterocycles. The van der Waals surface area contributed by atoms with Gasteiger partial charge in [0, 0.05) is 38.7 Å². The summed E-state index contributed by atoms with van der Waals surface area (Å²) in [7, 11) is 2.02. The van der Waals surface area contributed by atoms with E-state index in [0.717, 1.165) is 18.7 Å². The van der Waals surface area contributed by atoms with Crippen LogP contribution in [0.2, 0.25) is 0 Å². The first-order valence-electron chi connectivity index (χ1n) is 6.84. The van der Waals surface area contributed by atoms with Gasteiger partial charge in [-0.1, -0.05) is 18.2 Å². The number of para-hydroxylation sites is 1. The molecular weight excluding hydrogens is 256 g/mol. The van der Waals surface area contributed by atoms with E-state index < -0.39 is 5.97 Å². The number of aliphatic carboxylic acids is 1. The molecule has 5 heteroatoms. The molecule has 0 unspecified atom stereocenters. The molecule has 20 heavy (non-hydrogen) atoms. The summed E-state index contributed by atoms with van der Waals surface area (Å²) in [6.45, 7) is 1.47. The molecule has 110 valence electrons. The lowest BCUT2D eigenvalue weighted by atomic mass is 10.2. The van der Waals surface area contributed by atoms with Gasteiger partial charge < -0.3 is 15.3 Å². The Morgan fingerprint density at radius 1 is 1.15 bits per heavy atom. The van der Waals surface area contributed by atoms with Gasteiger partial charge in [0.05, 0.1) is 0 Å². The molecule has 0 atom stereocenters. The summed E-state index contributed by atoms with van der Waals surface area (Å²) in [5, 5.41) is 11.3. The van der Waals surface area contributed by atoms with Gasteiger partial charge in [0.2, 0.25) is 5.91 Å². The number of nitrogens with zero attached hydrogens (tertiary/aromatic N) is 1. The van der Waals surface area contributed by atoms with Gasteiger partial charge in [0.15, 0.2) is 0 Å². The van der Waals surface area contributed by atoms with Crippen LogP contribution >= 0.6 is 0 Å². The second-order valence-electron chi connectivity index (χ2n) is 4.71. The Hall–Kier alpha value is -2.04. The number of nitrogens with one attached hydrogen (secondary N) is 1. The number of carbonyl (C=O) groups is 2. The molecule has 0 aromatic heterocycles. The first-order valence-corrected chi connectivity index (χ1v) is 6.84. The average molecular weight is 278 g/mol. The van der Waals surface area contributed by atoms with E-state index in [1.165, 1.54) is 0 Å². The molecule has 2 N–H and O–H groups in total. The van der Waals surface area contributed by atoms with E-state index in [-0.39, 0.29) is 18.7 Å². The smallest absolute Gasteiger partial charge is 0.303 e. The maximum Gasteiger partial charge on any atom is 0.303 e. The zero-order valence-electron chi connectivity index (χ0n) is 11.8. The molecule has 0 saturated heterocycles. The van der Waals surface area contributed by atoms with Crippen molar-refractivity contribution in [3.05, 3.63) is 30.3 Å². The Labute approximate surface area is 119 Å². The van der Waals surface area contributed by atoms with Crippen LogP contribution in [0, 0.1) is 0 Å². The molecule has 0 radical (unpaired) electrons. The maximum absolute atomic E-state index is 11.4. The number of anilines is 1. The molecule has 0 aliphatic heterocycles. The molecule has 1 aromatic carbocycles. The number of benzene rings is 1. The number of carboxylic acid groups (broad SMARTS) is 1. The van der Waals surface area contributed by atoms with Crippen LogP contribution in [0.3, 0.4) is 0 Å². The van der Waals surface area contributed by atoms with Crippen LogP contribution < -0.4 is 10.2 Å². The molecule has 0 spiro atoms. The van der Waals surface area contributed by atoms with E-state index >= 15 is 0 Å². The van der Waals surface area contributed by atoms with Gasteiger partial charge in [-0.05, 0) is 25.0 Å². The second-order valence-corrected chi connectivity index (χ2v) is 4.71. The van der Waals surface area contributed by atoms with Gasteiger partial charge in [0.1, 0.15) is 0 Å². The lowest BCUT2D eigenvalue weighted by Gasteiger charge is -2.19. The van der Waals surface area contributed by atoms with Crippen molar-refractivity contribution in [1.82, 2.24) is 5.32 Å². The monoisotopic (exact) mass is 278 g/mol. The van der Waals surface area contributed by atoms with E-state index in [9.17, 15) is 9.59 Å². The van der Waals surface area contributed by atoms with Gasteiger partial charge in [-0.15, -0.1) is 0 Å². The van der Waals surface area contributed by atoms with Crippen molar-refractivity contribution < 1.29 is 14.7 Å². The van der Waals surface area contributed by atoms with Crippen LogP contribution in [0.15, 0.2) is 30.3 Å². The summed E-state index contributed by atoms with van der Waals surface area (Å²) < 4.78 is 0. The minimum atomic E-state index is -0.859. The SMILES string of the molecule is CN(CCCNC(=O)CCCC(=O)O)c1ccccc1. The molecule has 1 amide bonds. The van der Waals surface area contributed by atoms with Crippen LogP contribution in [-0.2, 0) is 9.59 Å². The Morgan fingerprint density at radius 2 is 1.85 bits per heavy atom. The number of carboxylic acids is 1. The van der Waals surface area contributed by atoms with Crippen molar-refractivity contribution in [3.8, 4) is 0 Å². The molecule has 0 bridgehead atoms. The van der Waals surface area contributed by atoms with E-state index in [1.807, 2.05) is 37.4 Å². The quantitative estimate of drug-likeness (QED) is 0.677. The van der Waals surface area contributed by atoms with Gasteiger partial charge in [-0.3, -0.25) is 9.59 Å². The standard InChI is InChI=1S/C15H22N2O3/c1-17(13-7-3-2-4-8-13)12-6-11-16-14(18)9-5-10-15(19)20/h2-4,7-8H,5-6,9-12H2,1H3,(H,16,18)(H,19,20). The van der Waals surface area contributed by atoms with Crippen LogP contribution in [-0.4, -0.2) is 37.1 Å². The normalized spacial score (nSPS) is 10.1. The fourth-order valence-electron chi connectivity index (χ4n) is 1.84. The largest absolute Gasteiger partial charge is 0.481 e. The van der Waals surface area contributed by atoms with Gasteiger partial charge in [0.25, 0.3) is 0 Å². The summed E-state index contributed by atoms with van der Waals surface area (Å²) in [5.74, 6) is -0.934. The summed E-state index contributed by atoms with van der Waals surface area (Å²) in [4.78, 5) is 23.9. The van der Waals surface area contributed by atoms with Crippen molar-refractivity contribution in [1.29, 1.82) is 0 Å². The number of rotatable bonds is 9. The van der Waals surface area contributed by atoms with Crippen LogP contribution in [0.5, 0.6) is 0 Å². The predicted molar refractivity (Wildman–Crippen MR) is 78.8 cm³/mol. The van der Waals surface area contributed by atoms with Crippen molar-refractivity contribution >= 4 is 17.6 Å². The number of hydrogen-bond acceptors (Lipinski definition) is 3. The van der Waals surface area contributed by atoms with E-state index in [1.54, 1.807) is 0 Å². The fraction of sp³-hybridized carbons (Fsp3) is 0.467. The Kier molecular flexibility index (Phi) is 7.17. The van der Waals surface area contributed by atoms with Gasteiger partial charge >= 0.3 is 5.97 Å². The first-order chi connectivity index (χ1) is 9.59. The highest BCUT2D eigenvalue weighted by molar-refractivity contribution is 5.76. The van der Waals surface area contributed by atoms with Gasteiger partial charge in [-0.25, -0.2) is 0 Å². The Bertz CT molecular complexity index is 420. The summed E-state index contributed by atoms with van der Waals surface area (Å²) in [6, 6.07) is 10.1. The number of carbonyl (C=O) groups excluding carboxylic acids is 1. The molecule has 5 nitrogen and oxygen atoms in total. The average Bonchev–Trinajstić information content (AvgIpc) is 2.44. The molecule has 1 aromatic rings. The third-order valence-corrected chi connectivity index (χ3v) is 2.98. The minimum absolute atomic E-state index is 0.0458. The number of amides is 1. The molecule has 0 saturated carbocycles. The Morgan fingerprint density at radius 3 is 2.50 bits per heavy atom. The molecular formula is C15H22N2O3. The lowest BCUT2D eigenvalue weighted by molar-refractivity contribution is -0.137. The zero-order chi connectivity index (χ0) is 14.8. The van der Waals surface area contributed by atoms with E-state index in [0.29, 0.717) is 13.0 Å². The first kappa shape index (κ1) is 16.0. The van der Waals surface area contributed by atoms with Crippen LogP contribution in [0.4, 0.5) is 5.69 Å². The summed E-state index contributed by atoms with van der Waals surface area (Å²) in [6.07, 6.45) is 1.58. The highest BCUT2D eigenvalue weighted by Gasteiger charge is 2.04. The summed E-state index contributed by atoms with van der Waals surface area (Å²) in [5.41, 5.74) is 1.15. The van der Waals surface area contributed by atoms with Crippen molar-refractivity contribution in [2.75, 3.05) is 25.0 Å². The van der Waals surface area contributed by atoms with Crippen LogP contribution in [0.1, 0.15) is 25.7 Å². The predicted octanol–water partition coefficient (Wildman–Crippen LogP) is 1.88. The Balaban J connectivity index is 2.09. The third-order valence-electron chi connectivity index (χ3n) is 2.98. The molecule has 0 aliphatic rings. The minimum Gasteiger partial charge on any atom is -0.481 e. The highest BCUT2D eigenvalue weighted by atomic mass is 16.4. The van der Waals surface area contributed by atoms with Crippen molar-refractivity contribution in [2.24, 2.45) is 0 Å². The zero-order valence-corrected chi connectivity index (χ0v) is 11.8. The molecule has 0 fully saturated rings.